The van der Waals surface area contributed by atoms with Gasteiger partial charge < -0.3 is 20.1 Å². The maximum absolute atomic E-state index is 13.4. The third-order valence-corrected chi connectivity index (χ3v) is 8.07. The second-order valence-electron chi connectivity index (χ2n) is 9.99. The second-order valence-corrected chi connectivity index (χ2v) is 11.1. The first-order valence-electron chi connectivity index (χ1n) is 13.3. The van der Waals surface area contributed by atoms with Gasteiger partial charge in [-0.2, -0.15) is 4.99 Å². The summed E-state index contributed by atoms with van der Waals surface area (Å²) in [5.74, 6) is 0.350. The van der Waals surface area contributed by atoms with Crippen molar-refractivity contribution in [3.8, 4) is 0 Å². The normalized spacial score (nSPS) is 20.9. The van der Waals surface area contributed by atoms with E-state index in [0.717, 1.165) is 55.0 Å². The summed E-state index contributed by atoms with van der Waals surface area (Å²) in [6, 6.07) is 5.80. The highest BCUT2D eigenvalue weighted by atomic mass is 32.1. The van der Waals surface area contributed by atoms with E-state index in [1.54, 1.807) is 24.7 Å². The number of rotatable bonds is 10. The minimum atomic E-state index is -0.403. The van der Waals surface area contributed by atoms with Crippen LogP contribution in [0.15, 0.2) is 51.7 Å². The molecule has 1 saturated heterocycles. The Labute approximate surface area is 231 Å². The lowest BCUT2D eigenvalue weighted by Crippen LogP contribution is -2.41. The van der Waals surface area contributed by atoms with Crippen LogP contribution in [0.5, 0.6) is 0 Å². The van der Waals surface area contributed by atoms with E-state index in [2.05, 4.69) is 30.6 Å². The number of halogens is 1. The number of nitrogens with one attached hydrogen (secondary N) is 2. The van der Waals surface area contributed by atoms with Gasteiger partial charge in [-0.05, 0) is 69.0 Å². The fourth-order valence-electron chi connectivity index (χ4n) is 5.01. The van der Waals surface area contributed by atoms with Gasteiger partial charge in [0.1, 0.15) is 24.0 Å². The summed E-state index contributed by atoms with van der Waals surface area (Å²) in [4.78, 5) is 29.1. The number of thiazole rings is 1. The van der Waals surface area contributed by atoms with Crippen LogP contribution in [0, 0.1) is 11.7 Å². The fraction of sp³-hybridized carbons (Fsp3) is 0.481. The molecule has 1 fully saturated rings. The summed E-state index contributed by atoms with van der Waals surface area (Å²) in [6.07, 6.45) is 6.39. The van der Waals surface area contributed by atoms with Gasteiger partial charge in [0.25, 0.3) is 0 Å². The zero-order valence-corrected chi connectivity index (χ0v) is 22.8. The minimum absolute atomic E-state index is 0.0575. The number of aliphatic imine (C=N–C) groups is 2. The number of aliphatic hydroxyl groups is 1. The van der Waals surface area contributed by atoms with Crippen molar-refractivity contribution in [2.24, 2.45) is 15.9 Å². The molecule has 0 bridgehead atoms. The molecule has 1 atom stereocenters. The molecule has 1 aromatic carbocycles. The van der Waals surface area contributed by atoms with Crippen molar-refractivity contribution in [2.45, 2.75) is 38.7 Å². The Morgan fingerprint density at radius 3 is 3.00 bits per heavy atom. The van der Waals surface area contributed by atoms with Crippen LogP contribution in [0.25, 0.3) is 0 Å². The number of nitrogens with zero attached hydrogens (tertiary/aromatic N) is 5. The lowest BCUT2D eigenvalue weighted by atomic mass is 9.98. The van der Waals surface area contributed by atoms with Crippen LogP contribution >= 0.6 is 11.3 Å². The van der Waals surface area contributed by atoms with Crippen molar-refractivity contribution >= 4 is 40.2 Å². The zero-order chi connectivity index (χ0) is 27.2. The molecule has 3 N–H and O–H groups in total. The van der Waals surface area contributed by atoms with Gasteiger partial charge in [-0.25, -0.2) is 14.4 Å². The quantitative estimate of drug-likeness (QED) is 0.386. The summed E-state index contributed by atoms with van der Waals surface area (Å²) in [5, 5.41) is 14.5. The van der Waals surface area contributed by atoms with E-state index in [-0.39, 0.29) is 18.4 Å². The molecule has 1 aromatic heterocycles. The van der Waals surface area contributed by atoms with Crippen LogP contribution in [0.4, 0.5) is 15.2 Å². The monoisotopic (exact) mass is 555 g/mol. The average Bonchev–Trinajstić information content (AvgIpc) is 3.50. The number of ether oxygens (including phenoxy) is 1. The van der Waals surface area contributed by atoms with E-state index >= 15 is 0 Å². The van der Waals surface area contributed by atoms with E-state index in [0.29, 0.717) is 42.3 Å². The molecular weight excluding hydrogens is 521 g/mol. The van der Waals surface area contributed by atoms with Crippen molar-refractivity contribution < 1.29 is 19.0 Å². The van der Waals surface area contributed by atoms with E-state index in [1.807, 2.05) is 11.9 Å². The molecule has 208 valence electrons. The summed E-state index contributed by atoms with van der Waals surface area (Å²) >= 11 is 1.32. The zero-order valence-electron chi connectivity index (χ0n) is 22.0. The van der Waals surface area contributed by atoms with E-state index in [4.69, 9.17) is 4.74 Å². The first kappa shape index (κ1) is 27.4. The number of amidine groups is 1. The molecule has 39 heavy (non-hydrogen) atoms. The number of hydrogen-bond acceptors (Lipinski definition) is 9. The predicted molar refractivity (Wildman–Crippen MR) is 150 cm³/mol. The van der Waals surface area contributed by atoms with Gasteiger partial charge in [0.15, 0.2) is 5.84 Å². The van der Waals surface area contributed by atoms with Crippen LogP contribution in [-0.4, -0.2) is 83.6 Å². The molecule has 0 spiro atoms. The number of carbonyl (C=O) groups is 1. The van der Waals surface area contributed by atoms with Gasteiger partial charge in [-0.1, -0.05) is 17.4 Å². The number of carbonyl (C=O) groups excluding carboxylic acids is 1. The summed E-state index contributed by atoms with van der Waals surface area (Å²) < 4.78 is 19.6. The van der Waals surface area contributed by atoms with Gasteiger partial charge in [-0.3, -0.25) is 15.2 Å². The van der Waals surface area contributed by atoms with Crippen molar-refractivity contribution in [3.05, 3.63) is 52.4 Å². The number of hydrazine groups is 1. The fourth-order valence-corrected chi connectivity index (χ4v) is 5.79. The number of aliphatic hydroxyl groups excluding tert-OH is 1. The number of piperidine rings is 1. The molecule has 3 aliphatic heterocycles. The molecule has 4 heterocycles. The van der Waals surface area contributed by atoms with Crippen molar-refractivity contribution in [3.63, 3.8) is 0 Å². The molecule has 12 heteroatoms. The molecular formula is C27H34FN7O3S. The Morgan fingerprint density at radius 2 is 2.21 bits per heavy atom. The molecule has 3 aliphatic rings. The highest BCUT2D eigenvalue weighted by molar-refractivity contribution is 7.15. The van der Waals surface area contributed by atoms with Crippen molar-refractivity contribution in [2.75, 3.05) is 44.7 Å². The smallest absolute Gasteiger partial charge is 0.229 e. The van der Waals surface area contributed by atoms with Crippen LogP contribution in [-0.2, 0) is 16.0 Å². The lowest BCUT2D eigenvalue weighted by Gasteiger charge is -2.31. The van der Waals surface area contributed by atoms with Crippen LogP contribution < -0.4 is 10.7 Å². The molecule has 1 unspecified atom stereocenters. The summed E-state index contributed by atoms with van der Waals surface area (Å²) in [5.41, 5.74) is 5.53. The van der Waals surface area contributed by atoms with Gasteiger partial charge in [0.05, 0.1) is 13.0 Å². The number of hydrogen-bond donors (Lipinski definition) is 3. The van der Waals surface area contributed by atoms with E-state index in [9.17, 15) is 14.3 Å². The third kappa shape index (κ3) is 7.07. The van der Waals surface area contributed by atoms with Crippen molar-refractivity contribution in [1.82, 2.24) is 20.3 Å². The lowest BCUT2D eigenvalue weighted by molar-refractivity contribution is -0.115. The second kappa shape index (κ2) is 12.8. The maximum Gasteiger partial charge on any atom is 0.229 e. The maximum atomic E-state index is 13.4. The van der Waals surface area contributed by atoms with E-state index < -0.39 is 5.82 Å². The number of fused-ring (bicyclic) bond motifs is 1. The van der Waals surface area contributed by atoms with E-state index in [1.165, 1.54) is 23.5 Å². The van der Waals surface area contributed by atoms with Crippen LogP contribution in [0.1, 0.15) is 31.1 Å². The number of anilines is 1. The Kier molecular flexibility index (Phi) is 8.97. The molecule has 1 amide bonds. The largest absolute Gasteiger partial charge is 0.396 e. The standard InChI is InChI=1S/C27H34FN7O3S/c1-18-23(38-11-3-8-34-9-6-19(16-36)7-10-34)15-35-25(18)26(30-17-31-35)33-27-29-14-22(39-27)13-24(37)32-21-5-2-4-20(28)12-21/h2,4-5,12,14,17,19,23,36H,3,6-11,13,15-16H2,1H3,(H,32,37)(H,29,30,31,33). The van der Waals surface area contributed by atoms with Gasteiger partial charge in [-0.15, -0.1) is 0 Å². The molecule has 0 radical (unpaired) electrons. The Bertz CT molecular complexity index is 1260. The van der Waals surface area contributed by atoms with Gasteiger partial charge >= 0.3 is 0 Å². The summed E-state index contributed by atoms with van der Waals surface area (Å²) in [6.45, 7) is 6.77. The molecule has 2 aromatic rings. The number of amides is 1. The SMILES string of the molecule is CC1=C2C(=Nc3ncc(CC(=O)Nc4cccc(F)c4)s3)N=CNN2CC1OCCCN1CCC(CO)CC1. The Hall–Kier alpha value is -3.19. The highest BCUT2D eigenvalue weighted by Gasteiger charge is 2.34. The van der Waals surface area contributed by atoms with Gasteiger partial charge in [0, 0.05) is 36.5 Å². The predicted octanol–water partition coefficient (Wildman–Crippen LogP) is 3.11. The Morgan fingerprint density at radius 1 is 1.36 bits per heavy atom. The third-order valence-electron chi connectivity index (χ3n) is 7.18. The van der Waals surface area contributed by atoms with Crippen LogP contribution in [0.2, 0.25) is 0 Å². The first-order chi connectivity index (χ1) is 19.0. The molecule has 0 aliphatic carbocycles. The molecule has 10 nitrogen and oxygen atoms in total. The average molecular weight is 556 g/mol. The topological polar surface area (TPSA) is 115 Å². The Balaban J connectivity index is 1.15. The number of aromatic nitrogens is 1. The highest BCUT2D eigenvalue weighted by Crippen LogP contribution is 2.30. The van der Waals surface area contributed by atoms with Gasteiger partial charge in [0.2, 0.25) is 11.0 Å². The minimum Gasteiger partial charge on any atom is -0.396 e. The molecule has 0 saturated carbocycles. The number of benzene rings is 1. The number of likely N-dealkylation sites (tertiary alicyclic amines) is 1. The van der Waals surface area contributed by atoms with Crippen molar-refractivity contribution in [1.29, 1.82) is 0 Å². The first-order valence-corrected chi connectivity index (χ1v) is 14.1. The summed E-state index contributed by atoms with van der Waals surface area (Å²) in [7, 11) is 0. The molecule has 5 rings (SSSR count). The van der Waals surface area contributed by atoms with Crippen LogP contribution in [0.3, 0.4) is 0 Å².